The minimum Gasteiger partial charge on any atom is -0.486 e. The van der Waals surface area contributed by atoms with Crippen molar-refractivity contribution in [3.8, 4) is 5.75 Å². The molecule has 1 heterocycles. The molecule has 2 aromatic rings. The fourth-order valence-electron chi connectivity index (χ4n) is 1.72. The number of hydrogen-bond acceptors (Lipinski definition) is 6. The van der Waals surface area contributed by atoms with Crippen molar-refractivity contribution in [2.45, 2.75) is 31.5 Å². The van der Waals surface area contributed by atoms with Crippen LogP contribution in [0.5, 0.6) is 5.75 Å². The SMILES string of the molecule is CCCCSc1nnc(COc2ccc([N+](=O)[O-])cc2)n1C. The number of nitro benzene ring substituents is 1. The summed E-state index contributed by atoms with van der Waals surface area (Å²) in [7, 11) is 1.91. The number of aromatic nitrogens is 3. The van der Waals surface area contributed by atoms with Gasteiger partial charge in [-0.15, -0.1) is 10.2 Å². The maximum Gasteiger partial charge on any atom is 0.269 e. The fourth-order valence-corrected chi connectivity index (χ4v) is 2.73. The number of unbranched alkanes of at least 4 members (excludes halogenated alkanes) is 1. The van der Waals surface area contributed by atoms with Crippen LogP contribution in [-0.4, -0.2) is 25.4 Å². The van der Waals surface area contributed by atoms with Gasteiger partial charge >= 0.3 is 0 Å². The monoisotopic (exact) mass is 322 g/mol. The van der Waals surface area contributed by atoms with Crippen molar-refractivity contribution >= 4 is 17.4 Å². The first kappa shape index (κ1) is 16.3. The van der Waals surface area contributed by atoms with Gasteiger partial charge in [0, 0.05) is 24.9 Å². The molecule has 2 rings (SSSR count). The molecule has 1 aromatic carbocycles. The van der Waals surface area contributed by atoms with Gasteiger partial charge in [-0.2, -0.15) is 0 Å². The number of hydrogen-bond donors (Lipinski definition) is 0. The Labute approximate surface area is 132 Å². The molecule has 0 bridgehead atoms. The Kier molecular flexibility index (Phi) is 5.76. The highest BCUT2D eigenvalue weighted by Crippen LogP contribution is 2.20. The zero-order valence-corrected chi connectivity index (χ0v) is 13.4. The molecular weight excluding hydrogens is 304 g/mol. The second kappa shape index (κ2) is 7.79. The van der Waals surface area contributed by atoms with E-state index in [1.165, 1.54) is 12.1 Å². The lowest BCUT2D eigenvalue weighted by Crippen LogP contribution is -2.04. The third-order valence-corrected chi connectivity index (χ3v) is 4.18. The molecule has 0 unspecified atom stereocenters. The van der Waals surface area contributed by atoms with Crippen LogP contribution in [0.3, 0.4) is 0 Å². The van der Waals surface area contributed by atoms with E-state index in [4.69, 9.17) is 4.74 Å². The lowest BCUT2D eigenvalue weighted by Gasteiger charge is -2.06. The van der Waals surface area contributed by atoms with E-state index >= 15 is 0 Å². The lowest BCUT2D eigenvalue weighted by molar-refractivity contribution is -0.384. The highest BCUT2D eigenvalue weighted by molar-refractivity contribution is 7.99. The minimum absolute atomic E-state index is 0.0422. The molecule has 0 aliphatic rings. The zero-order valence-electron chi connectivity index (χ0n) is 12.6. The highest BCUT2D eigenvalue weighted by atomic mass is 32.2. The van der Waals surface area contributed by atoms with Crippen molar-refractivity contribution in [2.75, 3.05) is 5.75 Å². The summed E-state index contributed by atoms with van der Waals surface area (Å²) in [6, 6.07) is 5.98. The molecule has 0 aliphatic heterocycles. The van der Waals surface area contributed by atoms with Crippen molar-refractivity contribution in [1.82, 2.24) is 14.8 Å². The predicted octanol–water partition coefficient (Wildman–Crippen LogP) is 3.19. The lowest BCUT2D eigenvalue weighted by atomic mass is 10.3. The number of ether oxygens (including phenoxy) is 1. The van der Waals surface area contributed by atoms with E-state index in [2.05, 4.69) is 17.1 Å². The average Bonchev–Trinajstić information content (AvgIpc) is 2.86. The summed E-state index contributed by atoms with van der Waals surface area (Å²) in [5.41, 5.74) is 0.0422. The van der Waals surface area contributed by atoms with Crippen LogP contribution in [0.25, 0.3) is 0 Å². The largest absolute Gasteiger partial charge is 0.486 e. The molecule has 7 nitrogen and oxygen atoms in total. The first-order chi connectivity index (χ1) is 10.6. The van der Waals surface area contributed by atoms with Gasteiger partial charge in [0.2, 0.25) is 0 Å². The molecule has 22 heavy (non-hydrogen) atoms. The van der Waals surface area contributed by atoms with Gasteiger partial charge in [0.25, 0.3) is 5.69 Å². The summed E-state index contributed by atoms with van der Waals surface area (Å²) < 4.78 is 7.50. The maximum atomic E-state index is 10.6. The fraction of sp³-hybridized carbons (Fsp3) is 0.429. The van der Waals surface area contributed by atoms with E-state index in [-0.39, 0.29) is 12.3 Å². The summed E-state index contributed by atoms with van der Waals surface area (Å²) >= 11 is 1.68. The Morgan fingerprint density at radius 2 is 2.05 bits per heavy atom. The van der Waals surface area contributed by atoms with Crippen LogP contribution in [0.2, 0.25) is 0 Å². The molecule has 0 spiro atoms. The third kappa shape index (κ3) is 4.20. The second-order valence-electron chi connectivity index (χ2n) is 4.70. The van der Waals surface area contributed by atoms with Crippen LogP contribution in [0.1, 0.15) is 25.6 Å². The molecule has 0 aliphatic carbocycles. The van der Waals surface area contributed by atoms with Gasteiger partial charge in [-0.1, -0.05) is 25.1 Å². The van der Waals surface area contributed by atoms with Crippen LogP contribution in [0.15, 0.2) is 29.4 Å². The van der Waals surface area contributed by atoms with E-state index in [0.717, 1.165) is 29.6 Å². The summed E-state index contributed by atoms with van der Waals surface area (Å²) in [6.45, 7) is 2.43. The molecule has 0 fully saturated rings. The molecular formula is C14H18N4O3S. The first-order valence-corrected chi connectivity index (χ1v) is 7.98. The summed E-state index contributed by atoms with van der Waals surface area (Å²) in [5, 5.41) is 19.7. The number of nitrogens with zero attached hydrogens (tertiary/aromatic N) is 4. The first-order valence-electron chi connectivity index (χ1n) is 7.00. The van der Waals surface area contributed by atoms with Crippen molar-refractivity contribution in [2.24, 2.45) is 7.05 Å². The second-order valence-corrected chi connectivity index (χ2v) is 5.76. The van der Waals surface area contributed by atoms with E-state index in [1.807, 2.05) is 11.6 Å². The highest BCUT2D eigenvalue weighted by Gasteiger charge is 2.10. The summed E-state index contributed by atoms with van der Waals surface area (Å²) in [4.78, 5) is 10.1. The van der Waals surface area contributed by atoms with Crippen LogP contribution in [-0.2, 0) is 13.7 Å². The Bertz CT molecular complexity index is 628. The number of thioether (sulfide) groups is 1. The van der Waals surface area contributed by atoms with Crippen LogP contribution in [0, 0.1) is 10.1 Å². The molecule has 0 atom stereocenters. The van der Waals surface area contributed by atoms with Crippen LogP contribution in [0.4, 0.5) is 5.69 Å². The van der Waals surface area contributed by atoms with Crippen molar-refractivity contribution < 1.29 is 9.66 Å². The summed E-state index contributed by atoms with van der Waals surface area (Å²) in [5.74, 6) is 2.30. The standard InChI is InChI=1S/C14H18N4O3S/c1-3-4-9-22-14-16-15-13(17(14)2)10-21-12-7-5-11(6-8-12)18(19)20/h5-8H,3-4,9-10H2,1-2H3. The van der Waals surface area contributed by atoms with E-state index in [1.54, 1.807) is 23.9 Å². The number of rotatable bonds is 8. The molecule has 0 saturated carbocycles. The maximum absolute atomic E-state index is 10.6. The van der Waals surface area contributed by atoms with E-state index in [9.17, 15) is 10.1 Å². The van der Waals surface area contributed by atoms with Gasteiger partial charge < -0.3 is 9.30 Å². The Hall–Kier alpha value is -2.09. The van der Waals surface area contributed by atoms with Crippen molar-refractivity contribution in [3.05, 3.63) is 40.2 Å². The molecule has 1 aromatic heterocycles. The van der Waals surface area contributed by atoms with Gasteiger partial charge in [-0.3, -0.25) is 10.1 Å². The Morgan fingerprint density at radius 1 is 1.32 bits per heavy atom. The smallest absolute Gasteiger partial charge is 0.269 e. The topological polar surface area (TPSA) is 83.1 Å². The molecule has 0 radical (unpaired) electrons. The van der Waals surface area contributed by atoms with E-state index in [0.29, 0.717) is 5.75 Å². The van der Waals surface area contributed by atoms with Crippen molar-refractivity contribution in [3.63, 3.8) is 0 Å². The Balaban J connectivity index is 1.92. The summed E-state index contributed by atoms with van der Waals surface area (Å²) in [6.07, 6.45) is 2.30. The van der Waals surface area contributed by atoms with Crippen molar-refractivity contribution in [1.29, 1.82) is 0 Å². The molecule has 0 amide bonds. The van der Waals surface area contributed by atoms with Gasteiger partial charge in [-0.25, -0.2) is 0 Å². The van der Waals surface area contributed by atoms with Gasteiger partial charge in [0.15, 0.2) is 11.0 Å². The molecule has 118 valence electrons. The van der Waals surface area contributed by atoms with E-state index < -0.39 is 4.92 Å². The van der Waals surface area contributed by atoms with Gasteiger partial charge in [0.05, 0.1) is 4.92 Å². The van der Waals surface area contributed by atoms with Crippen LogP contribution >= 0.6 is 11.8 Å². The normalized spacial score (nSPS) is 10.6. The number of benzene rings is 1. The third-order valence-electron chi connectivity index (χ3n) is 3.07. The predicted molar refractivity (Wildman–Crippen MR) is 84.1 cm³/mol. The number of nitro groups is 1. The Morgan fingerprint density at radius 3 is 2.68 bits per heavy atom. The average molecular weight is 322 g/mol. The molecule has 0 N–H and O–H groups in total. The number of non-ortho nitro benzene ring substituents is 1. The molecule has 8 heteroatoms. The van der Waals surface area contributed by atoms with Gasteiger partial charge in [-0.05, 0) is 18.6 Å². The minimum atomic E-state index is -0.438. The zero-order chi connectivity index (χ0) is 15.9. The molecule has 0 saturated heterocycles. The van der Waals surface area contributed by atoms with Crippen LogP contribution < -0.4 is 4.74 Å². The quantitative estimate of drug-likeness (QED) is 0.321. The van der Waals surface area contributed by atoms with Gasteiger partial charge in [0.1, 0.15) is 12.4 Å².